The first-order chi connectivity index (χ1) is 12.4. The summed E-state index contributed by atoms with van der Waals surface area (Å²) in [7, 11) is -3.07. The molecule has 2 fully saturated rings. The Labute approximate surface area is 165 Å². The van der Waals surface area contributed by atoms with E-state index in [4.69, 9.17) is 11.6 Å². The normalized spacial score (nSPS) is 25.6. The number of thioether (sulfide) groups is 1. The van der Waals surface area contributed by atoms with Crippen LogP contribution in [-0.2, 0) is 21.1 Å². The number of rotatable bonds is 3. The van der Waals surface area contributed by atoms with Crippen molar-refractivity contribution < 1.29 is 13.2 Å². The molecular weight excluding hydrogens is 412 g/mol. The fourth-order valence-corrected chi connectivity index (χ4v) is 7.93. The van der Waals surface area contributed by atoms with E-state index in [0.717, 1.165) is 10.6 Å². The molecule has 2 aliphatic rings. The zero-order valence-electron chi connectivity index (χ0n) is 13.5. The smallest absolute Gasteiger partial charge is 0.253 e. The summed E-state index contributed by atoms with van der Waals surface area (Å²) in [4.78, 5) is 19.5. The summed E-state index contributed by atoms with van der Waals surface area (Å²) in [5.41, 5.74) is 0.800. The Balaban J connectivity index is 1.65. The highest BCUT2D eigenvalue weighted by Crippen LogP contribution is 2.41. The van der Waals surface area contributed by atoms with Crippen molar-refractivity contribution in [1.29, 1.82) is 0 Å². The number of sulfone groups is 1. The van der Waals surface area contributed by atoms with E-state index in [-0.39, 0.29) is 35.1 Å². The molecule has 0 saturated carbocycles. The molecule has 3 heterocycles. The zero-order valence-corrected chi connectivity index (χ0v) is 16.7. The van der Waals surface area contributed by atoms with Crippen molar-refractivity contribution in [3.8, 4) is 0 Å². The van der Waals surface area contributed by atoms with Crippen LogP contribution in [0, 0.1) is 0 Å². The fraction of sp³-hybridized carbons (Fsp3) is 0.294. The van der Waals surface area contributed by atoms with Gasteiger partial charge in [0.05, 0.1) is 24.0 Å². The molecule has 0 N–H and O–H groups in total. The van der Waals surface area contributed by atoms with E-state index < -0.39 is 9.84 Å². The van der Waals surface area contributed by atoms with Crippen LogP contribution in [-0.4, -0.2) is 42.3 Å². The van der Waals surface area contributed by atoms with Gasteiger partial charge in [-0.05, 0) is 35.7 Å². The number of thiophene rings is 1. The number of hydrogen-bond acceptors (Lipinski definition) is 5. The quantitative estimate of drug-likeness (QED) is 0.753. The van der Waals surface area contributed by atoms with Crippen LogP contribution in [0.2, 0.25) is 5.02 Å². The number of carbonyl (C=O) groups excluding carboxylic acids is 1. The molecule has 9 heteroatoms. The van der Waals surface area contributed by atoms with E-state index in [1.807, 2.05) is 34.5 Å². The Morgan fingerprint density at radius 1 is 1.23 bits per heavy atom. The standard InChI is InChI=1S/C17H15ClN2O3S3/c18-11-3-5-12(6-4-11)20-14-9-26(22,23)10-15(14)25-17(20)19-16(21)8-13-2-1-7-24-13/h1-7,14-15H,8-10H2/t14-,15+/m1/s1. The largest absolute Gasteiger partial charge is 0.316 e. The van der Waals surface area contributed by atoms with Gasteiger partial charge in [0.15, 0.2) is 15.0 Å². The number of hydrogen-bond donors (Lipinski definition) is 0. The number of carbonyl (C=O) groups is 1. The molecule has 2 atom stereocenters. The van der Waals surface area contributed by atoms with Crippen LogP contribution in [0.1, 0.15) is 4.88 Å². The molecule has 4 rings (SSSR count). The van der Waals surface area contributed by atoms with E-state index in [9.17, 15) is 13.2 Å². The summed E-state index contributed by atoms with van der Waals surface area (Å²) >= 11 is 8.87. The number of anilines is 1. The third-order valence-corrected chi connectivity index (χ3v) is 8.64. The molecule has 1 amide bonds. The molecule has 0 spiro atoms. The van der Waals surface area contributed by atoms with E-state index in [0.29, 0.717) is 10.2 Å². The second-order valence-electron chi connectivity index (χ2n) is 6.19. The molecule has 136 valence electrons. The summed E-state index contributed by atoms with van der Waals surface area (Å²) in [6, 6.07) is 10.8. The predicted octanol–water partition coefficient (Wildman–Crippen LogP) is 3.25. The van der Waals surface area contributed by atoms with Crippen molar-refractivity contribution in [2.75, 3.05) is 16.4 Å². The lowest BCUT2D eigenvalue weighted by Gasteiger charge is -2.24. The van der Waals surface area contributed by atoms with Gasteiger partial charge < -0.3 is 4.90 Å². The molecule has 0 unspecified atom stereocenters. The first-order valence-electron chi connectivity index (χ1n) is 7.97. The van der Waals surface area contributed by atoms with Crippen LogP contribution in [0.3, 0.4) is 0 Å². The number of amides is 1. The summed E-state index contributed by atoms with van der Waals surface area (Å²) in [6.07, 6.45) is 0.254. The van der Waals surface area contributed by atoms with Crippen LogP contribution in [0.4, 0.5) is 5.69 Å². The topological polar surface area (TPSA) is 66.8 Å². The Bertz CT molecular complexity index is 956. The summed E-state index contributed by atoms with van der Waals surface area (Å²) in [6.45, 7) is 0. The number of halogens is 1. The van der Waals surface area contributed by atoms with Crippen LogP contribution < -0.4 is 4.90 Å². The molecular formula is C17H15ClN2O3S3. The van der Waals surface area contributed by atoms with Crippen molar-refractivity contribution in [2.45, 2.75) is 17.7 Å². The fourth-order valence-electron chi connectivity index (χ4n) is 3.18. The van der Waals surface area contributed by atoms with Crippen molar-refractivity contribution in [1.82, 2.24) is 0 Å². The minimum atomic E-state index is -3.07. The molecule has 2 aromatic rings. The number of fused-ring (bicyclic) bond motifs is 1. The Hall–Kier alpha value is -1.35. The Kier molecular flexibility index (Phi) is 4.85. The molecule has 0 aliphatic carbocycles. The van der Waals surface area contributed by atoms with E-state index >= 15 is 0 Å². The Morgan fingerprint density at radius 2 is 2.00 bits per heavy atom. The average molecular weight is 427 g/mol. The maximum Gasteiger partial charge on any atom is 0.253 e. The SMILES string of the molecule is O=C(Cc1cccs1)N=C1S[C@H]2CS(=O)(=O)C[C@H]2N1c1ccc(Cl)cc1. The zero-order chi connectivity index (χ0) is 18.3. The third-order valence-electron chi connectivity index (χ3n) is 4.30. The molecule has 2 aliphatic heterocycles. The molecule has 1 aromatic heterocycles. The molecule has 1 aromatic carbocycles. The average Bonchev–Trinajstić information content (AvgIpc) is 3.23. The van der Waals surface area contributed by atoms with Gasteiger partial charge in [-0.3, -0.25) is 4.79 Å². The molecule has 0 radical (unpaired) electrons. The van der Waals surface area contributed by atoms with Gasteiger partial charge in [-0.1, -0.05) is 29.4 Å². The van der Waals surface area contributed by atoms with Crippen LogP contribution in [0.15, 0.2) is 46.8 Å². The highest BCUT2D eigenvalue weighted by molar-refractivity contribution is 8.16. The van der Waals surface area contributed by atoms with Crippen molar-refractivity contribution in [3.05, 3.63) is 51.7 Å². The maximum absolute atomic E-state index is 12.4. The maximum atomic E-state index is 12.4. The van der Waals surface area contributed by atoms with Crippen LogP contribution >= 0.6 is 34.7 Å². The highest BCUT2D eigenvalue weighted by atomic mass is 35.5. The van der Waals surface area contributed by atoms with Crippen molar-refractivity contribution in [3.63, 3.8) is 0 Å². The third kappa shape index (κ3) is 3.69. The number of nitrogens with zero attached hydrogens (tertiary/aromatic N) is 2. The van der Waals surface area contributed by atoms with Gasteiger partial charge in [0, 0.05) is 20.8 Å². The van der Waals surface area contributed by atoms with E-state index in [2.05, 4.69) is 4.99 Å². The van der Waals surface area contributed by atoms with Gasteiger partial charge in [0.25, 0.3) is 5.91 Å². The lowest BCUT2D eigenvalue weighted by atomic mass is 10.2. The van der Waals surface area contributed by atoms with Crippen molar-refractivity contribution in [2.24, 2.45) is 4.99 Å². The molecule has 0 bridgehead atoms. The first-order valence-corrected chi connectivity index (χ1v) is 11.9. The van der Waals surface area contributed by atoms with Crippen LogP contribution in [0.5, 0.6) is 0 Å². The molecule has 2 saturated heterocycles. The highest BCUT2D eigenvalue weighted by Gasteiger charge is 2.49. The second kappa shape index (κ2) is 6.99. The monoisotopic (exact) mass is 426 g/mol. The van der Waals surface area contributed by atoms with Crippen molar-refractivity contribution >= 4 is 61.3 Å². The lowest BCUT2D eigenvalue weighted by molar-refractivity contribution is -0.117. The van der Waals surface area contributed by atoms with Crippen LogP contribution in [0.25, 0.3) is 0 Å². The number of aliphatic imine (C=N–C) groups is 1. The second-order valence-corrected chi connectivity index (χ2v) is 11.0. The van der Waals surface area contributed by atoms with Gasteiger partial charge in [0.1, 0.15) is 0 Å². The van der Waals surface area contributed by atoms with Gasteiger partial charge in [-0.25, -0.2) is 8.42 Å². The Morgan fingerprint density at radius 3 is 2.69 bits per heavy atom. The number of benzene rings is 1. The molecule has 26 heavy (non-hydrogen) atoms. The molecule has 5 nitrogen and oxygen atoms in total. The van der Waals surface area contributed by atoms with Gasteiger partial charge in [0.2, 0.25) is 0 Å². The van der Waals surface area contributed by atoms with Gasteiger partial charge in [-0.15, -0.1) is 11.3 Å². The predicted molar refractivity (Wildman–Crippen MR) is 108 cm³/mol. The minimum Gasteiger partial charge on any atom is -0.316 e. The number of amidine groups is 1. The van der Waals surface area contributed by atoms with E-state index in [1.54, 1.807) is 12.1 Å². The summed E-state index contributed by atoms with van der Waals surface area (Å²) < 4.78 is 24.1. The van der Waals surface area contributed by atoms with Gasteiger partial charge in [-0.2, -0.15) is 4.99 Å². The minimum absolute atomic E-state index is 0.0748. The lowest BCUT2D eigenvalue weighted by Crippen LogP contribution is -2.37. The summed E-state index contributed by atoms with van der Waals surface area (Å²) in [5.74, 6) is -0.0348. The van der Waals surface area contributed by atoms with Gasteiger partial charge >= 0.3 is 0 Å². The first kappa shape index (κ1) is 18.0. The van der Waals surface area contributed by atoms with E-state index in [1.165, 1.54) is 23.1 Å². The summed E-state index contributed by atoms with van der Waals surface area (Å²) in [5, 5.41) is 2.99.